The molecule has 2 aliphatic rings. The summed E-state index contributed by atoms with van der Waals surface area (Å²) in [5.41, 5.74) is 5.10. The van der Waals surface area contributed by atoms with Gasteiger partial charge in [-0.15, -0.1) is 0 Å². The molecule has 1 heterocycles. The van der Waals surface area contributed by atoms with Gasteiger partial charge in [-0.3, -0.25) is 4.98 Å². The molecule has 0 aliphatic heterocycles. The Labute approximate surface area is 87.1 Å². The third kappa shape index (κ3) is 1.42. The Morgan fingerprint density at radius 2 is 1.87 bits per heavy atom. The molecule has 2 aliphatic carbocycles. The van der Waals surface area contributed by atoms with E-state index in [1.807, 2.05) is 0 Å². The van der Waals surface area contributed by atoms with Crippen LogP contribution in [0, 0.1) is 11.8 Å². The molecule has 0 bridgehead atoms. The Balaban J connectivity index is 1.91. The molecule has 0 aromatic carbocycles. The number of anilines is 1. The number of nitrogens with zero attached hydrogens (tertiary/aromatic N) is 2. The van der Waals surface area contributed by atoms with E-state index in [-0.39, 0.29) is 11.6 Å². The van der Waals surface area contributed by atoms with Crippen molar-refractivity contribution in [2.24, 2.45) is 11.8 Å². The molecular weight excluding hydrogens is 192 g/mol. The second kappa shape index (κ2) is 3.05. The molecule has 2 atom stereocenters. The van der Waals surface area contributed by atoms with E-state index in [9.17, 15) is 4.79 Å². The highest BCUT2D eigenvalue weighted by Gasteiger charge is 2.52. The zero-order chi connectivity index (χ0) is 10.4. The summed E-state index contributed by atoms with van der Waals surface area (Å²) in [6.07, 6.45) is 5.15. The van der Waals surface area contributed by atoms with Crippen LogP contribution in [0.5, 0.6) is 0 Å². The van der Waals surface area contributed by atoms with Gasteiger partial charge in [0, 0.05) is 5.92 Å². The maximum Gasteiger partial charge on any atom is 0.349 e. The van der Waals surface area contributed by atoms with Gasteiger partial charge in [0.15, 0.2) is 0 Å². The third-order valence-electron chi connectivity index (χ3n) is 3.66. The maximum atomic E-state index is 11.2. The van der Waals surface area contributed by atoms with Crippen LogP contribution in [-0.4, -0.2) is 15.0 Å². The Hall–Kier alpha value is -1.39. The van der Waals surface area contributed by atoms with Gasteiger partial charge in [0.25, 0.3) is 0 Å². The van der Waals surface area contributed by atoms with E-state index in [2.05, 4.69) is 15.0 Å². The zero-order valence-electron chi connectivity index (χ0n) is 8.44. The number of aromatic nitrogens is 3. The van der Waals surface area contributed by atoms with Crippen LogP contribution in [0.15, 0.2) is 4.79 Å². The number of nitrogens with one attached hydrogen (secondary N) is 1. The van der Waals surface area contributed by atoms with E-state index in [0.29, 0.717) is 5.92 Å². The Morgan fingerprint density at radius 3 is 2.47 bits per heavy atom. The Morgan fingerprint density at radius 1 is 1.20 bits per heavy atom. The predicted molar refractivity (Wildman–Crippen MR) is 55.3 cm³/mol. The van der Waals surface area contributed by atoms with Crippen molar-refractivity contribution in [3.63, 3.8) is 0 Å². The van der Waals surface area contributed by atoms with E-state index in [4.69, 9.17) is 5.73 Å². The average molecular weight is 206 g/mol. The number of hydrogen-bond donors (Lipinski definition) is 2. The topological polar surface area (TPSA) is 84.7 Å². The fourth-order valence-electron chi connectivity index (χ4n) is 2.97. The summed E-state index contributed by atoms with van der Waals surface area (Å²) in [6, 6.07) is 0. The monoisotopic (exact) mass is 206 g/mol. The molecule has 2 unspecified atom stereocenters. The number of H-pyrrole nitrogens is 1. The molecule has 2 fully saturated rings. The lowest BCUT2D eigenvalue weighted by Gasteiger charge is -2.04. The number of nitrogens with two attached hydrogens (primary N) is 1. The highest BCUT2D eigenvalue weighted by atomic mass is 16.1. The van der Waals surface area contributed by atoms with E-state index < -0.39 is 0 Å². The van der Waals surface area contributed by atoms with Crippen molar-refractivity contribution < 1.29 is 0 Å². The van der Waals surface area contributed by atoms with Crippen molar-refractivity contribution in [2.45, 2.75) is 31.6 Å². The molecule has 0 amide bonds. The summed E-state index contributed by atoms with van der Waals surface area (Å²) in [6.45, 7) is 0. The van der Waals surface area contributed by atoms with Gasteiger partial charge >= 0.3 is 5.69 Å². The van der Waals surface area contributed by atoms with Gasteiger partial charge in [-0.1, -0.05) is 12.8 Å². The fourth-order valence-corrected chi connectivity index (χ4v) is 2.97. The van der Waals surface area contributed by atoms with Crippen LogP contribution in [0.25, 0.3) is 0 Å². The van der Waals surface area contributed by atoms with Crippen LogP contribution in [0.3, 0.4) is 0 Å². The summed E-state index contributed by atoms with van der Waals surface area (Å²) in [4.78, 5) is 21.5. The van der Waals surface area contributed by atoms with Gasteiger partial charge in [0.2, 0.25) is 5.95 Å². The molecule has 3 N–H and O–H groups in total. The van der Waals surface area contributed by atoms with Gasteiger partial charge in [-0.25, -0.2) is 4.79 Å². The molecule has 1 aromatic heterocycles. The first-order valence-corrected chi connectivity index (χ1v) is 5.49. The quantitative estimate of drug-likeness (QED) is 0.706. The molecule has 0 radical (unpaired) electrons. The van der Waals surface area contributed by atoms with E-state index >= 15 is 0 Å². The number of rotatable bonds is 1. The molecule has 0 saturated heterocycles. The van der Waals surface area contributed by atoms with Gasteiger partial charge in [0.05, 0.1) is 0 Å². The average Bonchev–Trinajstić information content (AvgIpc) is 2.89. The SMILES string of the molecule is Nc1nc(C2C3CCCCC32)[nH]c(=O)n1. The summed E-state index contributed by atoms with van der Waals surface area (Å²) in [7, 11) is 0. The first-order chi connectivity index (χ1) is 7.25. The molecular formula is C10H14N4O. The number of hydrogen-bond acceptors (Lipinski definition) is 4. The van der Waals surface area contributed by atoms with Crippen LogP contribution in [0.1, 0.15) is 37.4 Å². The zero-order valence-corrected chi connectivity index (χ0v) is 8.44. The first kappa shape index (κ1) is 8.88. The van der Waals surface area contributed by atoms with Crippen LogP contribution in [0.4, 0.5) is 5.95 Å². The lowest BCUT2D eigenvalue weighted by atomic mass is 10.0. The maximum absolute atomic E-state index is 11.2. The van der Waals surface area contributed by atoms with E-state index in [1.165, 1.54) is 25.7 Å². The van der Waals surface area contributed by atoms with Crippen molar-refractivity contribution in [1.29, 1.82) is 0 Å². The van der Waals surface area contributed by atoms with Crippen LogP contribution in [-0.2, 0) is 0 Å². The summed E-state index contributed by atoms with van der Waals surface area (Å²) >= 11 is 0. The first-order valence-electron chi connectivity index (χ1n) is 5.49. The number of nitrogen functional groups attached to an aromatic ring is 1. The molecule has 5 heteroatoms. The Bertz CT molecular complexity index is 429. The molecule has 15 heavy (non-hydrogen) atoms. The second-order valence-corrected chi connectivity index (χ2v) is 4.54. The van der Waals surface area contributed by atoms with Crippen molar-refractivity contribution in [1.82, 2.24) is 15.0 Å². The minimum absolute atomic E-state index is 0.0948. The lowest BCUT2D eigenvalue weighted by Crippen LogP contribution is -2.17. The lowest BCUT2D eigenvalue weighted by molar-refractivity contribution is 0.480. The summed E-state index contributed by atoms with van der Waals surface area (Å²) in [5.74, 6) is 2.74. The third-order valence-corrected chi connectivity index (χ3v) is 3.66. The van der Waals surface area contributed by atoms with Gasteiger partial charge in [-0.2, -0.15) is 9.97 Å². The van der Waals surface area contributed by atoms with Crippen molar-refractivity contribution in [2.75, 3.05) is 5.73 Å². The molecule has 5 nitrogen and oxygen atoms in total. The molecule has 2 saturated carbocycles. The largest absolute Gasteiger partial charge is 0.368 e. The predicted octanol–water partition coefficient (Wildman–Crippen LogP) is 0.651. The van der Waals surface area contributed by atoms with Crippen molar-refractivity contribution >= 4 is 5.95 Å². The molecule has 0 spiro atoms. The minimum Gasteiger partial charge on any atom is -0.368 e. The van der Waals surface area contributed by atoms with Crippen molar-refractivity contribution in [3.8, 4) is 0 Å². The van der Waals surface area contributed by atoms with Crippen molar-refractivity contribution in [3.05, 3.63) is 16.3 Å². The number of aromatic amines is 1. The standard InChI is InChI=1S/C10H14N4O/c11-9-12-8(13-10(15)14-9)7-5-3-1-2-4-6(5)7/h5-7H,1-4H2,(H3,11,12,13,14,15). The van der Waals surface area contributed by atoms with E-state index in [0.717, 1.165) is 17.7 Å². The number of fused-ring (bicyclic) bond motifs is 1. The summed E-state index contributed by atoms with van der Waals surface area (Å²) < 4.78 is 0. The smallest absolute Gasteiger partial charge is 0.349 e. The van der Waals surface area contributed by atoms with Gasteiger partial charge in [-0.05, 0) is 24.7 Å². The molecule has 3 rings (SSSR count). The van der Waals surface area contributed by atoms with Gasteiger partial charge < -0.3 is 5.73 Å². The molecule has 1 aromatic rings. The normalized spacial score (nSPS) is 33.5. The van der Waals surface area contributed by atoms with Gasteiger partial charge in [0.1, 0.15) is 5.82 Å². The van der Waals surface area contributed by atoms with Crippen LogP contribution < -0.4 is 11.4 Å². The van der Waals surface area contributed by atoms with Crippen LogP contribution in [0.2, 0.25) is 0 Å². The highest BCUT2D eigenvalue weighted by Crippen LogP contribution is 2.60. The fraction of sp³-hybridized carbons (Fsp3) is 0.700. The minimum atomic E-state index is -0.374. The van der Waals surface area contributed by atoms with Crippen LogP contribution >= 0.6 is 0 Å². The van der Waals surface area contributed by atoms with E-state index in [1.54, 1.807) is 0 Å². The summed E-state index contributed by atoms with van der Waals surface area (Å²) in [5, 5.41) is 0. The molecule has 80 valence electrons. The highest BCUT2D eigenvalue weighted by molar-refractivity contribution is 5.21. The Kier molecular flexibility index (Phi) is 1.81. The second-order valence-electron chi connectivity index (χ2n) is 4.54.